The maximum atomic E-state index is 12.7. The third-order valence-electron chi connectivity index (χ3n) is 5.93. The minimum atomic E-state index is -0.142. The minimum absolute atomic E-state index is 0. The third kappa shape index (κ3) is 5.94. The van der Waals surface area contributed by atoms with E-state index < -0.39 is 0 Å². The number of halogens is 2. The highest BCUT2D eigenvalue weighted by Crippen LogP contribution is 2.25. The summed E-state index contributed by atoms with van der Waals surface area (Å²) in [5.74, 6) is -0.142. The molecule has 1 aromatic carbocycles. The van der Waals surface area contributed by atoms with E-state index in [4.69, 9.17) is 0 Å². The van der Waals surface area contributed by atoms with E-state index in [1.165, 1.54) is 24.0 Å². The Morgan fingerprint density at radius 1 is 1.17 bits per heavy atom. The second-order valence-corrected chi connectivity index (χ2v) is 7.94. The Morgan fingerprint density at radius 2 is 1.83 bits per heavy atom. The number of benzene rings is 1. The van der Waals surface area contributed by atoms with Gasteiger partial charge in [0.2, 0.25) is 0 Å². The fraction of sp³-hybridized carbons (Fsp3) is 0.571. The molecule has 2 saturated heterocycles. The Hall–Kier alpha value is -1.67. The molecule has 2 aliphatic heterocycles. The number of piperidine rings is 1. The molecule has 1 amide bonds. The zero-order chi connectivity index (χ0) is 19.3. The molecule has 1 aromatic heterocycles. The van der Waals surface area contributed by atoms with Crippen LogP contribution >= 0.6 is 24.8 Å². The van der Waals surface area contributed by atoms with Gasteiger partial charge in [-0.1, -0.05) is 35.0 Å². The number of aryl methyl sites for hydroxylation is 1. The van der Waals surface area contributed by atoms with E-state index in [1.54, 1.807) is 6.20 Å². The molecule has 0 aliphatic carbocycles. The van der Waals surface area contributed by atoms with Crippen molar-refractivity contribution in [1.29, 1.82) is 0 Å². The number of hydrogen-bond donors (Lipinski definition) is 2. The summed E-state index contributed by atoms with van der Waals surface area (Å²) in [6.45, 7) is 6.82. The van der Waals surface area contributed by atoms with Crippen molar-refractivity contribution in [2.45, 2.75) is 44.7 Å². The first-order valence-corrected chi connectivity index (χ1v) is 10.4. The first-order valence-electron chi connectivity index (χ1n) is 10.4. The summed E-state index contributed by atoms with van der Waals surface area (Å²) < 4.78 is 1.85. The van der Waals surface area contributed by atoms with Crippen molar-refractivity contribution in [3.8, 4) is 0 Å². The normalized spacial score (nSPS) is 18.3. The molecule has 3 heterocycles. The Bertz CT molecular complexity index is 785. The summed E-state index contributed by atoms with van der Waals surface area (Å²) in [6.07, 6.45) is 6.29. The molecule has 1 atom stereocenters. The summed E-state index contributed by atoms with van der Waals surface area (Å²) in [5.41, 5.74) is 2.91. The van der Waals surface area contributed by atoms with Crippen LogP contribution in [0.5, 0.6) is 0 Å². The lowest BCUT2D eigenvalue weighted by Crippen LogP contribution is -2.37. The lowest BCUT2D eigenvalue weighted by molar-refractivity contribution is 0.0933. The molecule has 0 bridgehead atoms. The molecule has 0 saturated carbocycles. The average molecular weight is 455 g/mol. The molecular formula is C21H32Cl2N6O. The fourth-order valence-electron chi connectivity index (χ4n) is 4.21. The van der Waals surface area contributed by atoms with Crippen LogP contribution in [0.15, 0.2) is 30.5 Å². The van der Waals surface area contributed by atoms with Crippen molar-refractivity contribution < 1.29 is 4.79 Å². The monoisotopic (exact) mass is 454 g/mol. The quantitative estimate of drug-likeness (QED) is 0.701. The first-order chi connectivity index (χ1) is 13.7. The molecule has 2 aliphatic rings. The zero-order valence-electron chi connectivity index (χ0n) is 17.4. The van der Waals surface area contributed by atoms with Gasteiger partial charge in [-0.25, -0.2) is 4.68 Å². The van der Waals surface area contributed by atoms with Gasteiger partial charge in [0.15, 0.2) is 5.69 Å². The summed E-state index contributed by atoms with van der Waals surface area (Å²) >= 11 is 0. The van der Waals surface area contributed by atoms with E-state index in [9.17, 15) is 4.79 Å². The van der Waals surface area contributed by atoms with E-state index >= 15 is 0 Å². The van der Waals surface area contributed by atoms with E-state index in [2.05, 4.69) is 57.0 Å². The molecule has 0 radical (unpaired) electrons. The smallest absolute Gasteiger partial charge is 0.273 e. The Balaban J connectivity index is 0.00000160. The largest absolute Gasteiger partial charge is 0.349 e. The lowest BCUT2D eigenvalue weighted by atomic mass is 10.0. The number of amides is 1. The maximum Gasteiger partial charge on any atom is 0.273 e. The molecule has 30 heavy (non-hydrogen) atoms. The molecule has 7 nitrogen and oxygen atoms in total. The SMILES string of the molecule is Cc1ccc(C(CNC(=O)c2cn(C3CCNCC3)nn2)N2CCCC2)cc1.Cl.Cl. The van der Waals surface area contributed by atoms with Crippen LogP contribution < -0.4 is 10.6 Å². The Morgan fingerprint density at radius 3 is 2.50 bits per heavy atom. The van der Waals surface area contributed by atoms with Crippen molar-refractivity contribution >= 4 is 30.7 Å². The zero-order valence-corrected chi connectivity index (χ0v) is 19.1. The number of aromatic nitrogens is 3. The molecular weight excluding hydrogens is 423 g/mol. The highest BCUT2D eigenvalue weighted by molar-refractivity contribution is 5.91. The van der Waals surface area contributed by atoms with Gasteiger partial charge >= 0.3 is 0 Å². The van der Waals surface area contributed by atoms with Crippen molar-refractivity contribution in [2.24, 2.45) is 0 Å². The summed E-state index contributed by atoms with van der Waals surface area (Å²) in [7, 11) is 0. The maximum absolute atomic E-state index is 12.7. The average Bonchev–Trinajstić information content (AvgIpc) is 3.42. The van der Waals surface area contributed by atoms with Gasteiger partial charge in [0.25, 0.3) is 5.91 Å². The van der Waals surface area contributed by atoms with Crippen LogP contribution in [0.25, 0.3) is 0 Å². The number of carbonyl (C=O) groups excluding carboxylic acids is 1. The van der Waals surface area contributed by atoms with Crippen molar-refractivity contribution in [3.05, 3.63) is 47.3 Å². The first kappa shape index (κ1) is 24.6. The van der Waals surface area contributed by atoms with Gasteiger partial charge in [-0.15, -0.1) is 29.9 Å². The van der Waals surface area contributed by atoms with Crippen molar-refractivity contribution in [1.82, 2.24) is 30.5 Å². The Labute approximate surface area is 190 Å². The van der Waals surface area contributed by atoms with E-state index in [0.29, 0.717) is 18.3 Å². The van der Waals surface area contributed by atoms with Crippen LogP contribution in [-0.4, -0.2) is 58.5 Å². The predicted molar refractivity (Wildman–Crippen MR) is 123 cm³/mol. The van der Waals surface area contributed by atoms with Gasteiger partial charge < -0.3 is 10.6 Å². The molecule has 1 unspecified atom stereocenters. The molecule has 0 spiro atoms. The van der Waals surface area contributed by atoms with Gasteiger partial charge in [-0.2, -0.15) is 0 Å². The predicted octanol–water partition coefficient (Wildman–Crippen LogP) is 2.92. The second-order valence-electron chi connectivity index (χ2n) is 7.94. The Kier molecular flexibility index (Phi) is 9.55. The van der Waals surface area contributed by atoms with Crippen LogP contribution in [-0.2, 0) is 0 Å². The van der Waals surface area contributed by atoms with Crippen LogP contribution in [0.2, 0.25) is 0 Å². The van der Waals surface area contributed by atoms with Crippen LogP contribution in [0.4, 0.5) is 0 Å². The molecule has 9 heteroatoms. The van der Waals surface area contributed by atoms with Gasteiger partial charge in [0.1, 0.15) is 0 Å². The standard InChI is InChI=1S/C21H30N6O.2ClH/c1-16-4-6-17(7-5-16)20(26-12-2-3-13-26)14-23-21(28)19-15-27(25-24-19)18-8-10-22-11-9-18;;/h4-7,15,18,20,22H,2-3,8-14H2,1H3,(H,23,28);2*1H. The number of rotatable bonds is 6. The van der Waals surface area contributed by atoms with Gasteiger partial charge in [0, 0.05) is 6.54 Å². The highest BCUT2D eigenvalue weighted by Gasteiger charge is 2.25. The van der Waals surface area contributed by atoms with Gasteiger partial charge in [-0.05, 0) is 64.3 Å². The van der Waals surface area contributed by atoms with E-state index in [-0.39, 0.29) is 36.8 Å². The summed E-state index contributed by atoms with van der Waals surface area (Å²) in [5, 5.41) is 14.8. The van der Waals surface area contributed by atoms with E-state index in [1.807, 2.05) is 4.68 Å². The number of likely N-dealkylation sites (tertiary alicyclic amines) is 1. The molecule has 2 N–H and O–H groups in total. The fourth-order valence-corrected chi connectivity index (χ4v) is 4.21. The van der Waals surface area contributed by atoms with Crippen LogP contribution in [0.3, 0.4) is 0 Å². The minimum Gasteiger partial charge on any atom is -0.349 e. The second kappa shape index (κ2) is 11.6. The summed E-state index contributed by atoms with van der Waals surface area (Å²) in [6, 6.07) is 9.18. The molecule has 166 valence electrons. The lowest BCUT2D eigenvalue weighted by Gasteiger charge is -2.28. The van der Waals surface area contributed by atoms with Gasteiger partial charge in [0.05, 0.1) is 18.3 Å². The molecule has 2 aromatic rings. The summed E-state index contributed by atoms with van der Waals surface area (Å²) in [4.78, 5) is 15.2. The number of carbonyl (C=O) groups is 1. The molecule has 2 fully saturated rings. The van der Waals surface area contributed by atoms with Crippen molar-refractivity contribution in [3.63, 3.8) is 0 Å². The highest BCUT2D eigenvalue weighted by atomic mass is 35.5. The number of hydrogen-bond acceptors (Lipinski definition) is 5. The number of nitrogens with one attached hydrogen (secondary N) is 2. The van der Waals surface area contributed by atoms with Crippen LogP contribution in [0.1, 0.15) is 59.4 Å². The van der Waals surface area contributed by atoms with Crippen LogP contribution in [0, 0.1) is 6.92 Å². The van der Waals surface area contributed by atoms with Gasteiger partial charge in [-0.3, -0.25) is 9.69 Å². The number of nitrogens with zero attached hydrogens (tertiary/aromatic N) is 4. The third-order valence-corrected chi connectivity index (χ3v) is 5.93. The van der Waals surface area contributed by atoms with E-state index in [0.717, 1.165) is 39.0 Å². The topological polar surface area (TPSA) is 75.1 Å². The molecule has 4 rings (SSSR count). The van der Waals surface area contributed by atoms with Crippen molar-refractivity contribution in [2.75, 3.05) is 32.7 Å².